The average molecular weight is 532 g/mol. The summed E-state index contributed by atoms with van der Waals surface area (Å²) in [6.07, 6.45) is 1.56. The third kappa shape index (κ3) is 7.44. The Kier molecular flexibility index (Phi) is 11.3. The van der Waals surface area contributed by atoms with E-state index in [1.165, 1.54) is 24.3 Å². The number of hydrogen-bond acceptors (Lipinski definition) is 10. The quantitative estimate of drug-likeness (QED) is 0.178. The van der Waals surface area contributed by atoms with Crippen LogP contribution in [0.1, 0.15) is 0 Å². The van der Waals surface area contributed by atoms with Crippen LogP contribution in [0.5, 0.6) is 0 Å². The van der Waals surface area contributed by atoms with Crippen LogP contribution in [0.2, 0.25) is 0 Å². The van der Waals surface area contributed by atoms with Gasteiger partial charge in [0.25, 0.3) is 0 Å². The minimum absolute atomic E-state index is 0. The Bertz CT molecular complexity index is 1500. The molecular weight excluding hydrogens is 518 g/mol. The summed E-state index contributed by atoms with van der Waals surface area (Å²) in [6.45, 7) is 0. The van der Waals surface area contributed by atoms with E-state index in [-0.39, 0.29) is 81.8 Å². The maximum absolute atomic E-state index is 11.2. The van der Waals surface area contributed by atoms with Gasteiger partial charge in [0.15, 0.2) is 0 Å². The number of nitrogens with zero attached hydrogens (tertiary/aromatic N) is 4. The monoisotopic (exact) mass is 532 g/mol. The summed E-state index contributed by atoms with van der Waals surface area (Å²) in [7, 11) is -9.25. The molecule has 0 unspecified atom stereocenters. The van der Waals surface area contributed by atoms with E-state index in [9.17, 15) is 25.9 Å². The van der Waals surface area contributed by atoms with Crippen molar-refractivity contribution >= 4 is 20.2 Å². The molecule has 0 radical (unpaired) electrons. The summed E-state index contributed by atoms with van der Waals surface area (Å²) >= 11 is 0. The van der Waals surface area contributed by atoms with Gasteiger partial charge < -0.3 is 14.6 Å². The second-order valence-electron chi connectivity index (χ2n) is 6.50. The van der Waals surface area contributed by atoms with Gasteiger partial charge in [-0.25, -0.2) is 21.8 Å². The largest absolute Gasteiger partial charge is 1.00 e. The summed E-state index contributed by atoms with van der Waals surface area (Å²) < 4.78 is 67.4. The van der Waals surface area contributed by atoms with Crippen LogP contribution in [0.3, 0.4) is 0 Å². The van der Waals surface area contributed by atoms with E-state index in [0.29, 0.717) is 16.8 Å². The number of rotatable bonds is 5. The third-order valence-electron chi connectivity index (χ3n) is 4.41. The SMILES string of the molecule is O.O=S(=O)([O-])c1ccc(-c2nnc(-c3ccccn3)nc2-c2ccc(S(=O)(=O)[O-])cc2)cc1.[Na+].[Na+]. The maximum Gasteiger partial charge on any atom is 1.00 e. The molecule has 0 saturated heterocycles. The Hall–Kier alpha value is -1.62. The number of hydrogen-bond donors (Lipinski definition) is 0. The molecule has 2 N–H and O–H groups in total. The van der Waals surface area contributed by atoms with Crippen LogP contribution < -0.4 is 59.1 Å². The fourth-order valence-corrected chi connectivity index (χ4v) is 3.82. The van der Waals surface area contributed by atoms with Gasteiger partial charge in [0.2, 0.25) is 5.82 Å². The molecule has 11 nitrogen and oxygen atoms in total. The normalized spacial score (nSPS) is 10.9. The zero-order chi connectivity index (χ0) is 22.9. The molecule has 0 amide bonds. The molecule has 0 aliphatic rings. The summed E-state index contributed by atoms with van der Waals surface area (Å²) in [5, 5.41) is 8.29. The second kappa shape index (κ2) is 12.6. The van der Waals surface area contributed by atoms with Gasteiger partial charge in [0.1, 0.15) is 37.3 Å². The molecule has 2 aromatic carbocycles. The number of aromatic nitrogens is 4. The molecule has 2 aromatic heterocycles. The Labute approximate surface area is 245 Å². The zero-order valence-corrected chi connectivity index (χ0v) is 24.1. The fraction of sp³-hybridized carbons (Fsp3) is 0. The molecular formula is C20H14N4Na2O7S2. The summed E-state index contributed by atoms with van der Waals surface area (Å²) in [5.74, 6) is 0.198. The Balaban J connectivity index is 0.00000204. The van der Waals surface area contributed by atoms with Crippen molar-refractivity contribution in [2.75, 3.05) is 0 Å². The molecule has 170 valence electrons. The Morgan fingerprint density at radius 2 is 1.11 bits per heavy atom. The van der Waals surface area contributed by atoms with Crippen molar-refractivity contribution in [3.05, 3.63) is 72.9 Å². The van der Waals surface area contributed by atoms with E-state index >= 15 is 0 Å². The molecule has 35 heavy (non-hydrogen) atoms. The zero-order valence-electron chi connectivity index (χ0n) is 18.5. The molecule has 0 aliphatic carbocycles. The van der Waals surface area contributed by atoms with Crippen molar-refractivity contribution in [1.29, 1.82) is 0 Å². The van der Waals surface area contributed by atoms with Crippen LogP contribution in [-0.2, 0) is 20.2 Å². The first-order valence-corrected chi connectivity index (χ1v) is 11.7. The van der Waals surface area contributed by atoms with E-state index in [4.69, 9.17) is 0 Å². The van der Waals surface area contributed by atoms with Crippen LogP contribution in [0.15, 0.2) is 82.7 Å². The fourth-order valence-electron chi connectivity index (χ4n) is 2.88. The van der Waals surface area contributed by atoms with Crippen molar-refractivity contribution < 1.29 is 90.5 Å². The van der Waals surface area contributed by atoms with Crippen LogP contribution >= 0.6 is 0 Å². The van der Waals surface area contributed by atoms with Crippen molar-refractivity contribution in [2.45, 2.75) is 9.79 Å². The topological polar surface area (TPSA) is 197 Å². The van der Waals surface area contributed by atoms with E-state index in [1.54, 1.807) is 24.4 Å². The molecule has 0 aliphatic heterocycles. The summed E-state index contributed by atoms with van der Waals surface area (Å²) in [5.41, 5.74) is 1.82. The molecule has 0 bridgehead atoms. The molecule has 0 fully saturated rings. The molecule has 4 rings (SSSR count). The smallest absolute Gasteiger partial charge is 0.744 e. The summed E-state index contributed by atoms with van der Waals surface area (Å²) in [4.78, 5) is 7.89. The molecule has 2 heterocycles. The molecule has 0 atom stereocenters. The van der Waals surface area contributed by atoms with Gasteiger partial charge in [0.05, 0.1) is 9.79 Å². The average Bonchev–Trinajstić information content (AvgIpc) is 2.78. The second-order valence-corrected chi connectivity index (χ2v) is 9.26. The van der Waals surface area contributed by atoms with Crippen LogP contribution in [0, 0.1) is 0 Å². The van der Waals surface area contributed by atoms with Gasteiger partial charge in [-0.1, -0.05) is 30.3 Å². The first kappa shape index (κ1) is 31.4. The van der Waals surface area contributed by atoms with Gasteiger partial charge in [-0.3, -0.25) is 4.98 Å². The van der Waals surface area contributed by atoms with Crippen molar-refractivity contribution in [1.82, 2.24) is 20.2 Å². The molecule has 15 heteroatoms. The summed E-state index contributed by atoms with van der Waals surface area (Å²) in [6, 6.07) is 15.3. The van der Waals surface area contributed by atoms with Crippen molar-refractivity contribution in [2.24, 2.45) is 0 Å². The van der Waals surface area contributed by atoms with Crippen LogP contribution in [0.4, 0.5) is 0 Å². The molecule has 4 aromatic rings. The minimum Gasteiger partial charge on any atom is -0.744 e. The van der Waals surface area contributed by atoms with Crippen molar-refractivity contribution in [3.8, 4) is 34.0 Å². The molecule has 0 spiro atoms. The van der Waals surface area contributed by atoms with Gasteiger partial charge in [-0.2, -0.15) is 0 Å². The Morgan fingerprint density at radius 1 is 0.629 bits per heavy atom. The predicted molar refractivity (Wildman–Crippen MR) is 113 cm³/mol. The first-order valence-electron chi connectivity index (χ1n) is 8.92. The van der Waals surface area contributed by atoms with E-state index in [2.05, 4.69) is 20.2 Å². The predicted octanol–water partition coefficient (Wildman–Crippen LogP) is -4.74. The van der Waals surface area contributed by atoms with Gasteiger partial charge in [-0.15, -0.1) is 10.2 Å². The van der Waals surface area contributed by atoms with Crippen molar-refractivity contribution in [3.63, 3.8) is 0 Å². The standard InChI is InChI=1S/C20H14N4O6S2.2Na.H2O/c25-31(26,27)15-8-4-13(5-9-15)18-19(14-6-10-16(11-7-14)32(28,29)30)23-24-20(22-18)17-3-1-2-12-21-17;;;/h1-12H,(H,25,26,27)(H,28,29,30);;;1H2/q;2*+1;/p-2. The third-order valence-corrected chi connectivity index (χ3v) is 6.11. The van der Waals surface area contributed by atoms with Crippen LogP contribution in [-0.4, -0.2) is 51.6 Å². The van der Waals surface area contributed by atoms with Gasteiger partial charge in [-0.05, 0) is 36.4 Å². The van der Waals surface area contributed by atoms with E-state index in [1.807, 2.05) is 0 Å². The molecule has 0 saturated carbocycles. The van der Waals surface area contributed by atoms with Crippen LogP contribution in [0.25, 0.3) is 34.0 Å². The maximum atomic E-state index is 11.2. The number of benzene rings is 2. The van der Waals surface area contributed by atoms with Gasteiger partial charge in [0, 0.05) is 17.3 Å². The Morgan fingerprint density at radius 3 is 1.54 bits per heavy atom. The number of pyridine rings is 1. The first-order chi connectivity index (χ1) is 15.1. The van der Waals surface area contributed by atoms with Gasteiger partial charge >= 0.3 is 59.1 Å². The van der Waals surface area contributed by atoms with E-state index < -0.39 is 30.0 Å². The minimum atomic E-state index is -4.63. The van der Waals surface area contributed by atoms with E-state index in [0.717, 1.165) is 24.3 Å².